The van der Waals surface area contributed by atoms with E-state index in [4.69, 9.17) is 0 Å². The molecule has 0 aromatic heterocycles. The summed E-state index contributed by atoms with van der Waals surface area (Å²) in [4.78, 5) is 2.31. The quantitative estimate of drug-likeness (QED) is 0.452. The van der Waals surface area contributed by atoms with Crippen molar-refractivity contribution in [3.8, 4) is 0 Å². The van der Waals surface area contributed by atoms with E-state index in [1.807, 2.05) is 0 Å². The molecule has 0 aromatic rings. The second-order valence-corrected chi connectivity index (χ2v) is 9.49. The molecule has 1 atom stereocenters. The third-order valence-electron chi connectivity index (χ3n) is 5.71. The maximum Gasteiger partial charge on any atom is -0.00246 e. The lowest BCUT2D eigenvalue weighted by atomic mass is 9.61. The van der Waals surface area contributed by atoms with E-state index in [0.29, 0.717) is 16.2 Å². The highest BCUT2D eigenvalue weighted by atomic mass is 15.0. The first kappa shape index (κ1) is 21.0. The van der Waals surface area contributed by atoms with Gasteiger partial charge in [-0.15, -0.1) is 0 Å². The summed E-state index contributed by atoms with van der Waals surface area (Å²) in [6.07, 6.45) is 9.46. The van der Waals surface area contributed by atoms with Crippen molar-refractivity contribution in [2.24, 2.45) is 16.2 Å². The van der Waals surface area contributed by atoms with Gasteiger partial charge in [-0.25, -0.2) is 0 Å². The van der Waals surface area contributed by atoms with Crippen LogP contribution in [0.25, 0.3) is 0 Å². The summed E-state index contributed by atoms with van der Waals surface area (Å²) >= 11 is 0. The van der Waals surface area contributed by atoms with E-state index in [2.05, 4.69) is 67.5 Å². The van der Waals surface area contributed by atoms with E-state index in [9.17, 15) is 0 Å². The molecule has 0 spiro atoms. The van der Waals surface area contributed by atoms with Gasteiger partial charge in [-0.3, -0.25) is 0 Å². The molecule has 0 N–H and O–H groups in total. The largest absolute Gasteiger partial charge is 0.309 e. The van der Waals surface area contributed by atoms with Gasteiger partial charge in [-0.1, -0.05) is 61.3 Å². The van der Waals surface area contributed by atoms with Crippen LogP contribution in [0.2, 0.25) is 0 Å². The van der Waals surface area contributed by atoms with Crippen molar-refractivity contribution in [2.45, 2.75) is 93.4 Å². The zero-order chi connectivity index (χ0) is 16.7. The van der Waals surface area contributed by atoms with Crippen LogP contribution >= 0.6 is 0 Å². The van der Waals surface area contributed by atoms with Gasteiger partial charge in [-0.2, -0.15) is 0 Å². The minimum absolute atomic E-state index is 0.389. The summed E-state index contributed by atoms with van der Waals surface area (Å²) in [5, 5.41) is 0. The topological polar surface area (TPSA) is 3.24 Å². The number of hydrogen-bond acceptors (Lipinski definition) is 1. The molecule has 1 nitrogen and oxygen atoms in total. The maximum absolute atomic E-state index is 2.53. The standard InChI is InChI=1S/C20H43N/c1-10-11-13-19(5,6)15-16-20(7,18(2,3)4)14-12-17-21(8)9/h10-17H2,1-9H3. The summed E-state index contributed by atoms with van der Waals surface area (Å²) < 4.78 is 0. The van der Waals surface area contributed by atoms with Gasteiger partial charge < -0.3 is 4.90 Å². The van der Waals surface area contributed by atoms with Gasteiger partial charge in [0, 0.05) is 0 Å². The summed E-state index contributed by atoms with van der Waals surface area (Å²) in [6.45, 7) is 18.3. The first-order valence-electron chi connectivity index (χ1n) is 9.08. The SMILES string of the molecule is CCCCC(C)(C)CCC(C)(CCCN(C)C)C(C)(C)C. The van der Waals surface area contributed by atoms with Crippen LogP contribution < -0.4 is 0 Å². The van der Waals surface area contributed by atoms with Crippen molar-refractivity contribution < 1.29 is 0 Å². The molecule has 0 bridgehead atoms. The minimum Gasteiger partial charge on any atom is -0.309 e. The van der Waals surface area contributed by atoms with Gasteiger partial charge in [0.1, 0.15) is 0 Å². The zero-order valence-corrected chi connectivity index (χ0v) is 16.6. The van der Waals surface area contributed by atoms with Crippen LogP contribution in [0.15, 0.2) is 0 Å². The van der Waals surface area contributed by atoms with Crippen molar-refractivity contribution in [1.29, 1.82) is 0 Å². The highest BCUT2D eigenvalue weighted by Gasteiger charge is 2.37. The molecule has 0 radical (unpaired) electrons. The second kappa shape index (κ2) is 8.56. The Hall–Kier alpha value is -0.0400. The highest BCUT2D eigenvalue weighted by Crippen LogP contribution is 2.48. The third kappa shape index (κ3) is 8.24. The molecule has 0 saturated heterocycles. The molecule has 0 aliphatic rings. The summed E-state index contributed by atoms with van der Waals surface area (Å²) in [5.41, 5.74) is 1.34. The van der Waals surface area contributed by atoms with E-state index < -0.39 is 0 Å². The fraction of sp³-hybridized carbons (Fsp3) is 1.00. The lowest BCUT2D eigenvalue weighted by molar-refractivity contribution is 0.0613. The van der Waals surface area contributed by atoms with Gasteiger partial charge in [0.25, 0.3) is 0 Å². The smallest absolute Gasteiger partial charge is 0.00246 e. The molecule has 0 saturated carbocycles. The third-order valence-corrected chi connectivity index (χ3v) is 5.71. The fourth-order valence-corrected chi connectivity index (χ4v) is 3.06. The van der Waals surface area contributed by atoms with Crippen LogP contribution in [0, 0.1) is 16.2 Å². The fourth-order valence-electron chi connectivity index (χ4n) is 3.06. The monoisotopic (exact) mass is 297 g/mol. The van der Waals surface area contributed by atoms with Crippen LogP contribution in [0.5, 0.6) is 0 Å². The molecule has 0 aliphatic heterocycles. The van der Waals surface area contributed by atoms with Crippen LogP contribution in [-0.2, 0) is 0 Å². The molecule has 0 heterocycles. The molecule has 0 fully saturated rings. The van der Waals surface area contributed by atoms with Crippen LogP contribution in [0.4, 0.5) is 0 Å². The first-order chi connectivity index (χ1) is 9.43. The molecule has 0 aromatic carbocycles. The van der Waals surface area contributed by atoms with Gasteiger partial charge in [0.05, 0.1) is 0 Å². The molecule has 0 amide bonds. The predicted molar refractivity (Wildman–Crippen MR) is 97.9 cm³/mol. The Labute approximate surface area is 135 Å². The number of nitrogens with zero attached hydrogens (tertiary/aromatic N) is 1. The van der Waals surface area contributed by atoms with Crippen LogP contribution in [0.1, 0.15) is 93.4 Å². The molecule has 1 heteroatoms. The summed E-state index contributed by atoms with van der Waals surface area (Å²) in [5.74, 6) is 0. The van der Waals surface area contributed by atoms with Crippen molar-refractivity contribution in [1.82, 2.24) is 4.90 Å². The Morgan fingerprint density at radius 3 is 1.71 bits per heavy atom. The molecule has 21 heavy (non-hydrogen) atoms. The van der Waals surface area contributed by atoms with Crippen molar-refractivity contribution in [3.05, 3.63) is 0 Å². The molecular formula is C20H43N. The average Bonchev–Trinajstić information content (AvgIpc) is 2.32. The predicted octanol–water partition coefficient (Wildman–Crippen LogP) is 6.38. The summed E-state index contributed by atoms with van der Waals surface area (Å²) in [7, 11) is 4.37. The van der Waals surface area contributed by atoms with Gasteiger partial charge in [0.15, 0.2) is 0 Å². The normalized spacial score (nSPS) is 16.3. The van der Waals surface area contributed by atoms with Crippen LogP contribution in [-0.4, -0.2) is 25.5 Å². The maximum atomic E-state index is 2.53. The van der Waals surface area contributed by atoms with Crippen LogP contribution in [0.3, 0.4) is 0 Å². The lowest BCUT2D eigenvalue weighted by Crippen LogP contribution is -2.35. The first-order valence-corrected chi connectivity index (χ1v) is 9.08. The Bertz CT molecular complexity index is 272. The Balaban J connectivity index is 4.62. The van der Waals surface area contributed by atoms with E-state index in [1.54, 1.807) is 0 Å². The molecule has 128 valence electrons. The molecular weight excluding hydrogens is 254 g/mol. The van der Waals surface area contributed by atoms with E-state index >= 15 is 0 Å². The van der Waals surface area contributed by atoms with E-state index in [0.717, 1.165) is 0 Å². The van der Waals surface area contributed by atoms with Gasteiger partial charge in [-0.05, 0) is 69.0 Å². The van der Waals surface area contributed by atoms with E-state index in [-0.39, 0.29) is 0 Å². The Morgan fingerprint density at radius 2 is 1.29 bits per heavy atom. The number of hydrogen-bond donors (Lipinski definition) is 0. The number of unbranched alkanes of at least 4 members (excludes halogenated alkanes) is 1. The highest BCUT2D eigenvalue weighted by molar-refractivity contribution is 4.88. The van der Waals surface area contributed by atoms with Crippen molar-refractivity contribution >= 4 is 0 Å². The van der Waals surface area contributed by atoms with Crippen molar-refractivity contribution in [3.63, 3.8) is 0 Å². The zero-order valence-electron chi connectivity index (χ0n) is 16.6. The molecule has 1 unspecified atom stereocenters. The molecule has 0 aliphatic carbocycles. The minimum atomic E-state index is 0.389. The second-order valence-electron chi connectivity index (χ2n) is 9.49. The number of rotatable bonds is 10. The van der Waals surface area contributed by atoms with E-state index in [1.165, 1.54) is 51.5 Å². The Morgan fingerprint density at radius 1 is 0.714 bits per heavy atom. The summed E-state index contributed by atoms with van der Waals surface area (Å²) in [6, 6.07) is 0. The average molecular weight is 298 g/mol. The lowest BCUT2D eigenvalue weighted by Gasteiger charge is -2.44. The van der Waals surface area contributed by atoms with Gasteiger partial charge in [0.2, 0.25) is 0 Å². The molecule has 0 rings (SSSR count). The Kier molecular flexibility index (Phi) is 8.54. The van der Waals surface area contributed by atoms with Gasteiger partial charge >= 0.3 is 0 Å². The van der Waals surface area contributed by atoms with Crippen molar-refractivity contribution in [2.75, 3.05) is 20.6 Å².